The fourth-order valence-corrected chi connectivity index (χ4v) is 0.998. The largest absolute Gasteiger partial charge is 0.339 e. The van der Waals surface area contributed by atoms with Crippen molar-refractivity contribution in [2.45, 2.75) is 6.42 Å². The van der Waals surface area contributed by atoms with E-state index in [2.05, 4.69) is 30.6 Å². The van der Waals surface area contributed by atoms with Crippen molar-refractivity contribution in [3.8, 4) is 11.6 Å². The molecule has 2 aromatic rings. The van der Waals surface area contributed by atoms with E-state index in [1.54, 1.807) is 0 Å². The lowest BCUT2D eigenvalue weighted by atomic mass is 10.4. The van der Waals surface area contributed by atoms with Crippen LogP contribution in [-0.4, -0.2) is 38.9 Å². The molecule has 0 fully saturated rings. The van der Waals surface area contributed by atoms with Crippen LogP contribution in [0.5, 0.6) is 0 Å². The first kappa shape index (κ1) is 8.82. The van der Waals surface area contributed by atoms with Gasteiger partial charge in [0.15, 0.2) is 5.82 Å². The lowest BCUT2D eigenvalue weighted by molar-refractivity contribution is 0.377. The Balaban J connectivity index is 2.10. The van der Waals surface area contributed by atoms with E-state index in [1.807, 2.05) is 7.05 Å². The number of H-pyrrole nitrogens is 1. The molecule has 7 nitrogen and oxygen atoms in total. The molecule has 0 aliphatic rings. The molecule has 7 heteroatoms. The van der Waals surface area contributed by atoms with Crippen LogP contribution in [-0.2, 0) is 6.42 Å². The van der Waals surface area contributed by atoms with Crippen LogP contribution in [0, 0.1) is 0 Å². The van der Waals surface area contributed by atoms with E-state index >= 15 is 0 Å². The quantitative estimate of drug-likeness (QED) is 0.689. The van der Waals surface area contributed by atoms with Crippen molar-refractivity contribution in [1.29, 1.82) is 0 Å². The zero-order chi connectivity index (χ0) is 9.80. The zero-order valence-electron chi connectivity index (χ0n) is 7.69. The lowest BCUT2D eigenvalue weighted by Crippen LogP contribution is -2.10. The Hall–Kier alpha value is -1.76. The van der Waals surface area contributed by atoms with Gasteiger partial charge in [-0.3, -0.25) is 5.10 Å². The van der Waals surface area contributed by atoms with Gasteiger partial charge in [-0.05, 0) is 7.05 Å². The summed E-state index contributed by atoms with van der Waals surface area (Å²) >= 11 is 0. The van der Waals surface area contributed by atoms with Gasteiger partial charge in [0.1, 0.15) is 6.33 Å². The van der Waals surface area contributed by atoms with Gasteiger partial charge in [-0.25, -0.2) is 4.98 Å². The summed E-state index contributed by atoms with van der Waals surface area (Å²) in [4.78, 5) is 8.05. The summed E-state index contributed by atoms with van der Waals surface area (Å²) in [7, 11) is 1.87. The van der Waals surface area contributed by atoms with E-state index in [-0.39, 0.29) is 0 Å². The van der Waals surface area contributed by atoms with Crippen molar-refractivity contribution in [3.63, 3.8) is 0 Å². The first-order valence-corrected chi connectivity index (χ1v) is 4.23. The number of aromatic amines is 1. The highest BCUT2D eigenvalue weighted by atomic mass is 16.5. The Labute approximate surface area is 79.9 Å². The summed E-state index contributed by atoms with van der Waals surface area (Å²) in [5.74, 6) is 1.55. The lowest BCUT2D eigenvalue weighted by Gasteiger charge is -1.90. The molecule has 0 unspecified atom stereocenters. The van der Waals surface area contributed by atoms with Crippen molar-refractivity contribution in [1.82, 2.24) is 30.6 Å². The molecule has 74 valence electrons. The Bertz CT molecular complexity index is 381. The van der Waals surface area contributed by atoms with Gasteiger partial charge in [-0.2, -0.15) is 10.1 Å². The summed E-state index contributed by atoms with van der Waals surface area (Å²) in [5.41, 5.74) is 0. The minimum absolute atomic E-state index is 0.439. The highest BCUT2D eigenvalue weighted by molar-refractivity contribution is 5.39. The molecular formula is C7H10N6O. The number of aromatic nitrogens is 5. The Morgan fingerprint density at radius 2 is 2.50 bits per heavy atom. The molecule has 2 heterocycles. The van der Waals surface area contributed by atoms with Crippen LogP contribution in [0.25, 0.3) is 11.6 Å². The number of likely N-dealkylation sites (N-methyl/N-ethyl adjacent to an activating group) is 1. The van der Waals surface area contributed by atoms with Gasteiger partial charge in [-0.15, -0.1) is 0 Å². The molecule has 0 aromatic carbocycles. The van der Waals surface area contributed by atoms with Gasteiger partial charge < -0.3 is 9.84 Å². The fraction of sp³-hybridized carbons (Fsp3) is 0.429. The molecule has 0 amide bonds. The maximum absolute atomic E-state index is 5.00. The van der Waals surface area contributed by atoms with E-state index in [9.17, 15) is 0 Å². The SMILES string of the molecule is CNCCc1nc(-c2ncn[nH]2)no1. The molecule has 0 saturated carbocycles. The molecule has 0 aliphatic carbocycles. The number of hydrogen-bond donors (Lipinski definition) is 2. The number of hydrogen-bond acceptors (Lipinski definition) is 6. The molecule has 2 rings (SSSR count). The monoisotopic (exact) mass is 194 g/mol. The Morgan fingerprint density at radius 1 is 1.57 bits per heavy atom. The van der Waals surface area contributed by atoms with Gasteiger partial charge in [0, 0.05) is 13.0 Å². The topological polar surface area (TPSA) is 92.5 Å². The molecule has 0 radical (unpaired) electrons. The minimum Gasteiger partial charge on any atom is -0.339 e. The molecule has 2 N–H and O–H groups in total. The Morgan fingerprint density at radius 3 is 3.21 bits per heavy atom. The highest BCUT2D eigenvalue weighted by Gasteiger charge is 2.09. The van der Waals surface area contributed by atoms with Crippen LogP contribution in [0.2, 0.25) is 0 Å². The van der Waals surface area contributed by atoms with E-state index in [4.69, 9.17) is 4.52 Å². The maximum Gasteiger partial charge on any atom is 0.239 e. The van der Waals surface area contributed by atoms with Crippen LogP contribution in [0.1, 0.15) is 5.89 Å². The van der Waals surface area contributed by atoms with E-state index < -0.39 is 0 Å². The van der Waals surface area contributed by atoms with Gasteiger partial charge in [0.05, 0.1) is 0 Å². The summed E-state index contributed by atoms with van der Waals surface area (Å²) in [6.45, 7) is 0.804. The summed E-state index contributed by atoms with van der Waals surface area (Å²) in [5, 5.41) is 13.1. The molecule has 0 aliphatic heterocycles. The zero-order valence-corrected chi connectivity index (χ0v) is 7.69. The van der Waals surface area contributed by atoms with Crippen LogP contribution in [0.4, 0.5) is 0 Å². The third-order valence-electron chi connectivity index (χ3n) is 1.68. The number of nitrogens with zero attached hydrogens (tertiary/aromatic N) is 4. The van der Waals surface area contributed by atoms with Crippen LogP contribution < -0.4 is 5.32 Å². The van der Waals surface area contributed by atoms with Crippen molar-refractivity contribution >= 4 is 0 Å². The van der Waals surface area contributed by atoms with E-state index in [0.29, 0.717) is 24.0 Å². The van der Waals surface area contributed by atoms with Crippen LogP contribution in [0.15, 0.2) is 10.9 Å². The predicted molar refractivity (Wildman–Crippen MR) is 47.3 cm³/mol. The normalized spacial score (nSPS) is 10.6. The third-order valence-corrected chi connectivity index (χ3v) is 1.68. The van der Waals surface area contributed by atoms with Crippen molar-refractivity contribution in [3.05, 3.63) is 12.2 Å². The molecule has 0 saturated heterocycles. The number of nitrogens with one attached hydrogen (secondary N) is 2. The molecule has 0 atom stereocenters. The molecule has 2 aromatic heterocycles. The van der Waals surface area contributed by atoms with Crippen molar-refractivity contribution in [2.75, 3.05) is 13.6 Å². The smallest absolute Gasteiger partial charge is 0.239 e. The van der Waals surface area contributed by atoms with Gasteiger partial charge in [-0.1, -0.05) is 5.16 Å². The predicted octanol–water partition coefficient (Wildman–Crippen LogP) is -0.383. The molecule has 0 spiro atoms. The van der Waals surface area contributed by atoms with Gasteiger partial charge in [0.25, 0.3) is 0 Å². The fourth-order valence-electron chi connectivity index (χ4n) is 0.998. The second-order valence-corrected chi connectivity index (χ2v) is 2.70. The van der Waals surface area contributed by atoms with E-state index in [1.165, 1.54) is 6.33 Å². The Kier molecular flexibility index (Phi) is 2.50. The molecule has 0 bridgehead atoms. The average Bonchev–Trinajstić information content (AvgIpc) is 2.85. The maximum atomic E-state index is 5.00. The molecule has 14 heavy (non-hydrogen) atoms. The first-order chi connectivity index (χ1) is 6.90. The summed E-state index contributed by atoms with van der Waals surface area (Å²) < 4.78 is 5.00. The second kappa shape index (κ2) is 3.97. The van der Waals surface area contributed by atoms with Gasteiger partial charge in [0.2, 0.25) is 11.7 Å². The van der Waals surface area contributed by atoms with Crippen LogP contribution >= 0.6 is 0 Å². The average molecular weight is 194 g/mol. The van der Waals surface area contributed by atoms with E-state index in [0.717, 1.165) is 6.54 Å². The summed E-state index contributed by atoms with van der Waals surface area (Å²) in [6, 6.07) is 0. The number of rotatable bonds is 4. The minimum atomic E-state index is 0.439. The highest BCUT2D eigenvalue weighted by Crippen LogP contribution is 2.08. The van der Waals surface area contributed by atoms with Crippen molar-refractivity contribution in [2.24, 2.45) is 0 Å². The summed E-state index contributed by atoms with van der Waals surface area (Å²) in [6.07, 6.45) is 2.11. The third kappa shape index (κ3) is 1.77. The van der Waals surface area contributed by atoms with Crippen LogP contribution in [0.3, 0.4) is 0 Å². The first-order valence-electron chi connectivity index (χ1n) is 4.23. The standard InChI is InChI=1S/C7H10N6O/c1-8-3-2-5-11-7(13-14-5)6-9-4-10-12-6/h4,8H,2-3H2,1H3,(H,9,10,12). The van der Waals surface area contributed by atoms with Gasteiger partial charge >= 0.3 is 0 Å². The second-order valence-electron chi connectivity index (χ2n) is 2.70. The molecular weight excluding hydrogens is 184 g/mol. The van der Waals surface area contributed by atoms with Crippen molar-refractivity contribution < 1.29 is 4.52 Å².